The zero-order chi connectivity index (χ0) is 30.2. The van der Waals surface area contributed by atoms with E-state index in [0.717, 1.165) is 10.8 Å². The van der Waals surface area contributed by atoms with Gasteiger partial charge in [0.1, 0.15) is 11.4 Å². The lowest BCUT2D eigenvalue weighted by atomic mass is 9.90. The average Bonchev–Trinajstić information content (AvgIpc) is 2.97. The molecule has 42 heavy (non-hydrogen) atoms. The summed E-state index contributed by atoms with van der Waals surface area (Å²) in [5, 5.41) is 22.7. The lowest BCUT2D eigenvalue weighted by molar-refractivity contribution is 0.00715. The maximum atomic E-state index is 13.6. The Labute approximate surface area is 242 Å². The first kappa shape index (κ1) is 28.8. The fourth-order valence-corrected chi connectivity index (χ4v) is 5.20. The standard InChI is InChI=1S/C33H32N2O7/c1-33(2,3)42-32(39)24-16-30(38)35(26-9-7-6-8-22(24)26)29-14-19(10-11-34-29)31-23-15-28(41-5)27(40-4)13-20(23)12-21(17-36)25(31)18-37/h6-16,36-37H,17-18H2,1-5H3. The van der Waals surface area contributed by atoms with Crippen LogP contribution in [-0.4, -0.2) is 45.6 Å². The van der Waals surface area contributed by atoms with Crippen molar-refractivity contribution < 1.29 is 29.2 Å². The van der Waals surface area contributed by atoms with Crippen molar-refractivity contribution in [2.45, 2.75) is 39.6 Å². The largest absolute Gasteiger partial charge is 0.493 e. The molecule has 0 atom stereocenters. The summed E-state index contributed by atoms with van der Waals surface area (Å²) in [5.41, 5.74) is 1.87. The molecule has 0 saturated carbocycles. The quantitative estimate of drug-likeness (QED) is 0.258. The molecule has 0 aliphatic rings. The third-order valence-corrected chi connectivity index (χ3v) is 6.98. The third-order valence-electron chi connectivity index (χ3n) is 6.98. The summed E-state index contributed by atoms with van der Waals surface area (Å²) in [6.45, 7) is 4.69. The molecule has 0 bridgehead atoms. The number of carbonyl (C=O) groups excluding carboxylic acids is 1. The van der Waals surface area contributed by atoms with Crippen LogP contribution in [0.5, 0.6) is 11.5 Å². The van der Waals surface area contributed by atoms with E-state index >= 15 is 0 Å². The highest BCUT2D eigenvalue weighted by Gasteiger charge is 2.23. The Balaban J connectivity index is 1.77. The number of methoxy groups -OCH3 is 2. The number of aromatic nitrogens is 2. The van der Waals surface area contributed by atoms with Crippen LogP contribution in [0.4, 0.5) is 0 Å². The van der Waals surface area contributed by atoms with Crippen LogP contribution in [0.15, 0.2) is 71.7 Å². The van der Waals surface area contributed by atoms with Crippen LogP contribution in [-0.2, 0) is 18.0 Å². The van der Waals surface area contributed by atoms with Crippen molar-refractivity contribution in [1.29, 1.82) is 0 Å². The fraction of sp³-hybridized carbons (Fsp3) is 0.242. The first-order valence-electron chi connectivity index (χ1n) is 13.4. The highest BCUT2D eigenvalue weighted by molar-refractivity contribution is 6.04. The van der Waals surface area contributed by atoms with E-state index in [4.69, 9.17) is 14.2 Å². The Morgan fingerprint density at radius 3 is 2.29 bits per heavy atom. The van der Waals surface area contributed by atoms with Gasteiger partial charge in [-0.15, -0.1) is 0 Å². The molecule has 0 unspecified atom stereocenters. The van der Waals surface area contributed by atoms with Gasteiger partial charge in [0.05, 0.1) is 38.5 Å². The van der Waals surface area contributed by atoms with Gasteiger partial charge in [0, 0.05) is 17.6 Å². The van der Waals surface area contributed by atoms with Gasteiger partial charge < -0.3 is 24.4 Å². The van der Waals surface area contributed by atoms with Crippen LogP contribution in [0.1, 0.15) is 42.3 Å². The first-order chi connectivity index (χ1) is 20.1. The van der Waals surface area contributed by atoms with Gasteiger partial charge in [0.25, 0.3) is 5.56 Å². The van der Waals surface area contributed by atoms with Crippen LogP contribution in [0.3, 0.4) is 0 Å². The zero-order valence-corrected chi connectivity index (χ0v) is 24.1. The summed E-state index contributed by atoms with van der Waals surface area (Å²) >= 11 is 0. The molecule has 0 aliphatic carbocycles. The number of hydrogen-bond donors (Lipinski definition) is 2. The monoisotopic (exact) mass is 568 g/mol. The number of benzene rings is 3. The van der Waals surface area contributed by atoms with Gasteiger partial charge in [-0.2, -0.15) is 0 Å². The Morgan fingerprint density at radius 2 is 1.62 bits per heavy atom. The van der Waals surface area contributed by atoms with Crippen molar-refractivity contribution in [3.8, 4) is 28.4 Å². The third kappa shape index (κ3) is 5.20. The number of ether oxygens (including phenoxy) is 3. The Kier molecular flexibility index (Phi) is 7.73. The van der Waals surface area contributed by atoms with Crippen LogP contribution >= 0.6 is 0 Å². The molecule has 2 aromatic heterocycles. The van der Waals surface area contributed by atoms with E-state index in [-0.39, 0.29) is 18.8 Å². The second-order valence-corrected chi connectivity index (χ2v) is 10.8. The van der Waals surface area contributed by atoms with Crippen LogP contribution < -0.4 is 15.0 Å². The van der Waals surface area contributed by atoms with E-state index in [1.54, 1.807) is 77.6 Å². The molecule has 0 amide bonds. The van der Waals surface area contributed by atoms with Gasteiger partial charge in [-0.3, -0.25) is 9.36 Å². The molecule has 3 aromatic carbocycles. The van der Waals surface area contributed by atoms with E-state index in [1.807, 2.05) is 18.2 Å². The van der Waals surface area contributed by atoms with Gasteiger partial charge in [0.15, 0.2) is 11.5 Å². The van der Waals surface area contributed by atoms with Gasteiger partial charge >= 0.3 is 5.97 Å². The number of aliphatic hydroxyl groups excluding tert-OH is 2. The molecular formula is C33H32N2O7. The molecule has 9 heteroatoms. The number of nitrogens with zero attached hydrogens (tertiary/aromatic N) is 2. The van der Waals surface area contributed by atoms with Crippen LogP contribution in [0.25, 0.3) is 38.6 Å². The first-order valence-corrected chi connectivity index (χ1v) is 13.4. The summed E-state index contributed by atoms with van der Waals surface area (Å²) < 4.78 is 18.0. The van der Waals surface area contributed by atoms with Crippen molar-refractivity contribution in [1.82, 2.24) is 9.55 Å². The molecular weight excluding hydrogens is 536 g/mol. The topological polar surface area (TPSA) is 120 Å². The number of para-hydroxylation sites is 1. The summed E-state index contributed by atoms with van der Waals surface area (Å²) in [6, 6.07) is 17.3. The minimum absolute atomic E-state index is 0.170. The minimum Gasteiger partial charge on any atom is -0.493 e. The van der Waals surface area contributed by atoms with Crippen molar-refractivity contribution in [3.63, 3.8) is 0 Å². The summed E-state index contributed by atoms with van der Waals surface area (Å²) in [5.74, 6) is 0.751. The van der Waals surface area contributed by atoms with Gasteiger partial charge in [0.2, 0.25) is 0 Å². The Hall–Kier alpha value is -4.73. The number of fused-ring (bicyclic) bond motifs is 2. The molecule has 5 aromatic rings. The number of pyridine rings is 2. The highest BCUT2D eigenvalue weighted by Crippen LogP contribution is 2.41. The molecule has 216 valence electrons. The van der Waals surface area contributed by atoms with Gasteiger partial charge in [-0.1, -0.05) is 18.2 Å². The van der Waals surface area contributed by atoms with Gasteiger partial charge in [-0.05, 0) is 90.2 Å². The second-order valence-electron chi connectivity index (χ2n) is 10.8. The lowest BCUT2D eigenvalue weighted by Crippen LogP contribution is -2.26. The minimum atomic E-state index is -0.730. The predicted molar refractivity (Wildman–Crippen MR) is 160 cm³/mol. The maximum absolute atomic E-state index is 13.6. The van der Waals surface area contributed by atoms with Crippen LogP contribution in [0.2, 0.25) is 0 Å². The highest BCUT2D eigenvalue weighted by atomic mass is 16.6. The molecule has 5 rings (SSSR count). The normalized spacial score (nSPS) is 11.6. The number of aliphatic hydroxyl groups is 2. The number of carbonyl (C=O) groups is 1. The van der Waals surface area contributed by atoms with E-state index in [9.17, 15) is 19.8 Å². The number of esters is 1. The SMILES string of the molecule is COc1cc2cc(CO)c(CO)c(-c3ccnc(-n4c(=O)cc(C(=O)OC(C)(C)C)c5ccccc54)c3)c2cc1OC. The van der Waals surface area contributed by atoms with Crippen molar-refractivity contribution in [2.75, 3.05) is 14.2 Å². The van der Waals surface area contributed by atoms with E-state index in [0.29, 0.717) is 50.5 Å². The lowest BCUT2D eigenvalue weighted by Gasteiger charge is -2.21. The molecule has 2 heterocycles. The van der Waals surface area contributed by atoms with Crippen LogP contribution in [0, 0.1) is 0 Å². The average molecular weight is 569 g/mol. The van der Waals surface area contributed by atoms with Crippen molar-refractivity contribution in [3.05, 3.63) is 93.9 Å². The molecule has 0 spiro atoms. The molecule has 0 saturated heterocycles. The van der Waals surface area contributed by atoms with E-state index in [1.165, 1.54) is 10.6 Å². The van der Waals surface area contributed by atoms with E-state index in [2.05, 4.69) is 4.98 Å². The maximum Gasteiger partial charge on any atom is 0.339 e. The zero-order valence-electron chi connectivity index (χ0n) is 24.1. The summed E-state index contributed by atoms with van der Waals surface area (Å²) in [7, 11) is 3.09. The Bertz CT molecular complexity index is 1880. The molecule has 0 radical (unpaired) electrons. The summed E-state index contributed by atoms with van der Waals surface area (Å²) in [4.78, 5) is 31.1. The second kappa shape index (κ2) is 11.3. The van der Waals surface area contributed by atoms with Gasteiger partial charge in [-0.25, -0.2) is 9.78 Å². The Morgan fingerprint density at radius 1 is 0.905 bits per heavy atom. The molecule has 0 aliphatic heterocycles. The molecule has 9 nitrogen and oxygen atoms in total. The predicted octanol–water partition coefficient (Wildman–Crippen LogP) is 5.16. The van der Waals surface area contributed by atoms with E-state index < -0.39 is 17.1 Å². The fourth-order valence-electron chi connectivity index (χ4n) is 5.20. The van der Waals surface area contributed by atoms with Crippen molar-refractivity contribution >= 4 is 27.6 Å². The number of hydrogen-bond acceptors (Lipinski definition) is 8. The molecule has 2 N–H and O–H groups in total. The number of rotatable bonds is 7. The smallest absolute Gasteiger partial charge is 0.339 e. The summed E-state index contributed by atoms with van der Waals surface area (Å²) in [6.07, 6.45) is 1.58. The van der Waals surface area contributed by atoms with Crippen molar-refractivity contribution in [2.24, 2.45) is 0 Å². The molecule has 0 fully saturated rings.